The molecule has 0 saturated heterocycles. The molecule has 1 aliphatic rings. The Bertz CT molecular complexity index is 966. The maximum Gasteiger partial charge on any atom is 0.509 e. The van der Waals surface area contributed by atoms with E-state index >= 15 is 0 Å². The first-order valence-corrected chi connectivity index (χ1v) is 11.5. The molecule has 2 aromatic carbocycles. The second kappa shape index (κ2) is 11.3. The summed E-state index contributed by atoms with van der Waals surface area (Å²) in [4.78, 5) is 30.7. The van der Waals surface area contributed by atoms with Crippen molar-refractivity contribution < 1.29 is 28.5 Å². The van der Waals surface area contributed by atoms with E-state index < -0.39 is 17.5 Å². The number of nitrogens with zero attached hydrogens (tertiary/aromatic N) is 2. The summed E-state index contributed by atoms with van der Waals surface area (Å²) in [6.07, 6.45) is -1.97. The number of carbonyl (C=O) groups is 2. The van der Waals surface area contributed by atoms with Crippen LogP contribution < -0.4 is 14.4 Å². The number of ether oxygens (including phenoxy) is 4. The highest BCUT2D eigenvalue weighted by molar-refractivity contribution is 7.99. The molecular weight excluding hydrogens is 444 g/mol. The van der Waals surface area contributed by atoms with Gasteiger partial charge in [0.1, 0.15) is 11.5 Å². The fourth-order valence-corrected chi connectivity index (χ4v) is 4.89. The Morgan fingerprint density at radius 2 is 1.82 bits per heavy atom. The first kappa shape index (κ1) is 24.7. The van der Waals surface area contributed by atoms with Crippen LogP contribution >= 0.6 is 11.8 Å². The maximum absolute atomic E-state index is 13.9. The Balaban J connectivity index is 2.12. The zero-order chi connectivity index (χ0) is 24.0. The van der Waals surface area contributed by atoms with Crippen LogP contribution in [0.2, 0.25) is 0 Å². The van der Waals surface area contributed by atoms with Crippen molar-refractivity contribution in [2.24, 2.45) is 0 Å². The number of amides is 1. The van der Waals surface area contributed by atoms with Crippen molar-refractivity contribution in [2.45, 2.75) is 23.2 Å². The number of methoxy groups -OCH3 is 2. The normalized spacial score (nSPS) is 17.9. The van der Waals surface area contributed by atoms with Crippen LogP contribution in [0.5, 0.6) is 11.5 Å². The zero-order valence-electron chi connectivity index (χ0n) is 19.6. The van der Waals surface area contributed by atoms with Crippen LogP contribution in [-0.4, -0.2) is 71.1 Å². The summed E-state index contributed by atoms with van der Waals surface area (Å²) in [5.74, 6) is 0.945. The monoisotopic (exact) mass is 474 g/mol. The number of hydrogen-bond acceptors (Lipinski definition) is 8. The largest absolute Gasteiger partial charge is 0.509 e. The van der Waals surface area contributed by atoms with E-state index in [1.807, 2.05) is 61.5 Å². The summed E-state index contributed by atoms with van der Waals surface area (Å²) in [5, 5.41) is -0.497. The number of rotatable bonds is 8. The molecule has 9 heteroatoms. The highest BCUT2D eigenvalue weighted by Gasteiger charge is 2.42. The van der Waals surface area contributed by atoms with Crippen molar-refractivity contribution in [3.8, 4) is 11.5 Å². The minimum atomic E-state index is -1.10. The molecule has 1 amide bonds. The molecule has 0 bridgehead atoms. The van der Waals surface area contributed by atoms with Crippen molar-refractivity contribution in [1.82, 2.24) is 4.90 Å². The summed E-state index contributed by atoms with van der Waals surface area (Å²) in [6.45, 7) is 2.86. The number of anilines is 1. The number of fused-ring (bicyclic) bond motifs is 1. The average Bonchev–Trinajstić information content (AvgIpc) is 2.92. The van der Waals surface area contributed by atoms with E-state index in [-0.39, 0.29) is 12.5 Å². The molecule has 1 aliphatic heterocycles. The third kappa shape index (κ3) is 5.72. The molecule has 2 atom stereocenters. The fraction of sp³-hybridized carbons (Fsp3) is 0.417. The average molecular weight is 475 g/mol. The molecule has 0 aromatic heterocycles. The lowest BCUT2D eigenvalue weighted by Gasteiger charge is -2.29. The van der Waals surface area contributed by atoms with Gasteiger partial charge in [0.2, 0.25) is 6.10 Å². The van der Waals surface area contributed by atoms with Crippen molar-refractivity contribution in [3.63, 3.8) is 0 Å². The van der Waals surface area contributed by atoms with E-state index in [2.05, 4.69) is 0 Å². The molecule has 1 heterocycles. The summed E-state index contributed by atoms with van der Waals surface area (Å²) in [6, 6.07) is 13.1. The summed E-state index contributed by atoms with van der Waals surface area (Å²) in [7, 11) is 7.05. The third-order valence-corrected chi connectivity index (χ3v) is 6.55. The third-order valence-electron chi connectivity index (χ3n) is 5.19. The number of benzene rings is 2. The second-order valence-electron chi connectivity index (χ2n) is 7.63. The lowest BCUT2D eigenvalue weighted by Crippen LogP contribution is -2.45. The molecule has 178 valence electrons. The van der Waals surface area contributed by atoms with Gasteiger partial charge in [0.05, 0.1) is 31.8 Å². The van der Waals surface area contributed by atoms with Gasteiger partial charge in [0.15, 0.2) is 0 Å². The molecule has 0 unspecified atom stereocenters. The van der Waals surface area contributed by atoms with Crippen molar-refractivity contribution in [1.29, 1.82) is 0 Å². The zero-order valence-corrected chi connectivity index (χ0v) is 20.4. The number of carbonyl (C=O) groups excluding carboxylic acids is 2. The molecule has 0 N–H and O–H groups in total. The van der Waals surface area contributed by atoms with Crippen LogP contribution in [0, 0.1) is 0 Å². The Morgan fingerprint density at radius 3 is 2.42 bits per heavy atom. The van der Waals surface area contributed by atoms with E-state index in [0.29, 0.717) is 30.3 Å². The molecular formula is C24H30N2O6S. The first-order chi connectivity index (χ1) is 15.9. The smallest absolute Gasteiger partial charge is 0.497 e. The molecule has 33 heavy (non-hydrogen) atoms. The van der Waals surface area contributed by atoms with Crippen LogP contribution in [0.25, 0.3) is 0 Å². The molecule has 2 aromatic rings. The number of likely N-dealkylation sites (N-methyl/N-ethyl adjacent to an activating group) is 1. The predicted octanol–water partition coefficient (Wildman–Crippen LogP) is 3.99. The quantitative estimate of drug-likeness (QED) is 0.532. The lowest BCUT2D eigenvalue weighted by atomic mass is 10.1. The predicted molar refractivity (Wildman–Crippen MR) is 127 cm³/mol. The van der Waals surface area contributed by atoms with E-state index in [4.69, 9.17) is 18.9 Å². The van der Waals surface area contributed by atoms with Gasteiger partial charge in [-0.1, -0.05) is 18.2 Å². The van der Waals surface area contributed by atoms with Crippen molar-refractivity contribution in [3.05, 3.63) is 48.0 Å². The first-order valence-electron chi connectivity index (χ1n) is 10.7. The van der Waals surface area contributed by atoms with Crippen molar-refractivity contribution in [2.75, 3.05) is 52.9 Å². The Kier molecular flexibility index (Phi) is 8.46. The summed E-state index contributed by atoms with van der Waals surface area (Å²) < 4.78 is 21.5. The van der Waals surface area contributed by atoms with E-state index in [0.717, 1.165) is 10.5 Å². The summed E-state index contributed by atoms with van der Waals surface area (Å²) >= 11 is 1.45. The Morgan fingerprint density at radius 1 is 1.09 bits per heavy atom. The van der Waals surface area contributed by atoms with Gasteiger partial charge in [-0.05, 0) is 50.8 Å². The highest BCUT2D eigenvalue weighted by Crippen LogP contribution is 2.49. The number of hydrogen-bond donors (Lipinski definition) is 0. The van der Waals surface area contributed by atoms with Gasteiger partial charge in [0.25, 0.3) is 5.91 Å². The minimum absolute atomic E-state index is 0.151. The molecule has 8 nitrogen and oxygen atoms in total. The van der Waals surface area contributed by atoms with Gasteiger partial charge in [-0.15, -0.1) is 11.8 Å². The van der Waals surface area contributed by atoms with Gasteiger partial charge in [0, 0.05) is 18.0 Å². The standard InChI is InChI=1S/C24H30N2O6S/c1-6-31-24(28)32-21-22(16-10-12-17(29-4)13-11-16)33-19-9-7-8-18(30-5)20(19)26(23(21)27)15-14-25(2)3/h7-13,21-22H,6,14-15H2,1-5H3/t21-,22+/m0/s1. The van der Waals surface area contributed by atoms with Crippen molar-refractivity contribution >= 4 is 29.5 Å². The lowest BCUT2D eigenvalue weighted by molar-refractivity contribution is -0.128. The van der Waals surface area contributed by atoms with Crippen LogP contribution in [0.4, 0.5) is 10.5 Å². The van der Waals surface area contributed by atoms with Gasteiger partial charge in [-0.3, -0.25) is 4.79 Å². The SMILES string of the molecule is CCOC(=O)O[C@@H]1C(=O)N(CCN(C)C)c2c(OC)cccc2S[C@@H]1c1ccc(OC)cc1. The topological polar surface area (TPSA) is 77.5 Å². The van der Waals surface area contributed by atoms with E-state index in [9.17, 15) is 9.59 Å². The molecule has 0 aliphatic carbocycles. The van der Waals surface area contributed by atoms with E-state index in [1.54, 1.807) is 26.0 Å². The highest BCUT2D eigenvalue weighted by atomic mass is 32.2. The summed E-state index contributed by atoms with van der Waals surface area (Å²) in [5.41, 5.74) is 1.50. The second-order valence-corrected chi connectivity index (χ2v) is 8.82. The van der Waals surface area contributed by atoms with Crippen LogP contribution in [-0.2, 0) is 14.3 Å². The number of para-hydroxylation sites is 1. The van der Waals surface area contributed by atoms with Gasteiger partial charge in [-0.2, -0.15) is 0 Å². The Hall–Kier alpha value is -2.91. The number of thioether (sulfide) groups is 1. The molecule has 0 spiro atoms. The Labute approximate surface area is 198 Å². The van der Waals surface area contributed by atoms with Crippen LogP contribution in [0.3, 0.4) is 0 Å². The van der Waals surface area contributed by atoms with E-state index in [1.165, 1.54) is 11.8 Å². The minimum Gasteiger partial charge on any atom is -0.497 e. The molecule has 0 fully saturated rings. The fourth-order valence-electron chi connectivity index (χ4n) is 3.55. The van der Waals surface area contributed by atoms with Crippen LogP contribution in [0.1, 0.15) is 17.7 Å². The van der Waals surface area contributed by atoms with Gasteiger partial charge < -0.3 is 28.7 Å². The molecule has 0 radical (unpaired) electrons. The van der Waals surface area contributed by atoms with Gasteiger partial charge >= 0.3 is 6.16 Å². The molecule has 3 rings (SSSR count). The molecule has 0 saturated carbocycles. The maximum atomic E-state index is 13.9. The van der Waals surface area contributed by atoms with Crippen LogP contribution in [0.15, 0.2) is 47.4 Å². The van der Waals surface area contributed by atoms with Gasteiger partial charge in [-0.25, -0.2) is 4.79 Å².